The van der Waals surface area contributed by atoms with Crippen LogP contribution in [0.5, 0.6) is 5.75 Å². The van der Waals surface area contributed by atoms with Gasteiger partial charge in [-0.25, -0.2) is 0 Å². The first-order chi connectivity index (χ1) is 7.13. The van der Waals surface area contributed by atoms with Crippen molar-refractivity contribution in [2.45, 2.75) is 6.10 Å². The zero-order valence-electron chi connectivity index (χ0n) is 8.31. The van der Waals surface area contributed by atoms with Crippen LogP contribution in [0, 0.1) is 5.41 Å². The standard InChI is InChI=1S/C10H15N3O2/c11-5-8(14)6-15-9-3-1-7(2-4-9)10(12)13/h1-4,8,14H,5-6,11H2,(H3,12,13). The van der Waals surface area contributed by atoms with E-state index in [4.69, 9.17) is 26.7 Å². The van der Waals surface area contributed by atoms with Gasteiger partial charge in [0.1, 0.15) is 24.3 Å². The van der Waals surface area contributed by atoms with Gasteiger partial charge in [0.25, 0.3) is 0 Å². The molecule has 15 heavy (non-hydrogen) atoms. The molecule has 1 atom stereocenters. The maximum atomic E-state index is 9.16. The van der Waals surface area contributed by atoms with E-state index in [1.165, 1.54) is 0 Å². The summed E-state index contributed by atoms with van der Waals surface area (Å²) in [6.45, 7) is 0.335. The van der Waals surface area contributed by atoms with Gasteiger partial charge in [0.2, 0.25) is 0 Å². The van der Waals surface area contributed by atoms with Crippen LogP contribution >= 0.6 is 0 Å². The fraction of sp³-hybridized carbons (Fsp3) is 0.300. The lowest BCUT2D eigenvalue weighted by atomic mass is 10.2. The number of amidine groups is 1. The Morgan fingerprint density at radius 3 is 2.47 bits per heavy atom. The van der Waals surface area contributed by atoms with Gasteiger partial charge < -0.3 is 21.3 Å². The van der Waals surface area contributed by atoms with E-state index in [1.54, 1.807) is 24.3 Å². The molecule has 1 aromatic rings. The molecule has 0 aliphatic carbocycles. The van der Waals surface area contributed by atoms with Gasteiger partial charge >= 0.3 is 0 Å². The highest BCUT2D eigenvalue weighted by atomic mass is 16.5. The van der Waals surface area contributed by atoms with Crippen LogP contribution in [0.3, 0.4) is 0 Å². The van der Waals surface area contributed by atoms with E-state index in [0.29, 0.717) is 11.3 Å². The molecule has 0 aromatic heterocycles. The molecule has 1 aromatic carbocycles. The number of ether oxygens (including phenoxy) is 1. The Hall–Kier alpha value is -1.59. The average Bonchev–Trinajstić information content (AvgIpc) is 2.26. The molecule has 6 N–H and O–H groups in total. The van der Waals surface area contributed by atoms with Crippen LogP contribution in [0.15, 0.2) is 24.3 Å². The van der Waals surface area contributed by atoms with Crippen LogP contribution < -0.4 is 16.2 Å². The van der Waals surface area contributed by atoms with Gasteiger partial charge in [-0.05, 0) is 24.3 Å². The molecule has 0 bridgehead atoms. The van der Waals surface area contributed by atoms with E-state index in [2.05, 4.69) is 0 Å². The lowest BCUT2D eigenvalue weighted by Crippen LogP contribution is -2.26. The molecule has 0 amide bonds. The van der Waals surface area contributed by atoms with Crippen molar-refractivity contribution in [2.24, 2.45) is 11.5 Å². The van der Waals surface area contributed by atoms with Crippen molar-refractivity contribution < 1.29 is 9.84 Å². The van der Waals surface area contributed by atoms with Crippen LogP contribution in [-0.2, 0) is 0 Å². The topological polar surface area (TPSA) is 105 Å². The van der Waals surface area contributed by atoms with E-state index >= 15 is 0 Å². The normalized spacial score (nSPS) is 12.1. The summed E-state index contributed by atoms with van der Waals surface area (Å²) in [5.74, 6) is 0.635. The van der Waals surface area contributed by atoms with Crippen molar-refractivity contribution in [2.75, 3.05) is 13.2 Å². The zero-order chi connectivity index (χ0) is 11.3. The van der Waals surface area contributed by atoms with Gasteiger partial charge in [-0.15, -0.1) is 0 Å². The predicted molar refractivity (Wildman–Crippen MR) is 58.0 cm³/mol. The molecule has 0 saturated carbocycles. The smallest absolute Gasteiger partial charge is 0.122 e. The van der Waals surface area contributed by atoms with Crippen LogP contribution in [0.25, 0.3) is 0 Å². The van der Waals surface area contributed by atoms with Crippen molar-refractivity contribution in [3.8, 4) is 5.75 Å². The van der Waals surface area contributed by atoms with Crippen LogP contribution in [0.2, 0.25) is 0 Å². The molecular formula is C10H15N3O2. The highest BCUT2D eigenvalue weighted by molar-refractivity contribution is 5.94. The van der Waals surface area contributed by atoms with Gasteiger partial charge in [-0.3, -0.25) is 5.41 Å². The third-order valence-electron chi connectivity index (χ3n) is 1.88. The summed E-state index contributed by atoms with van der Waals surface area (Å²) >= 11 is 0. The van der Waals surface area contributed by atoms with E-state index in [9.17, 15) is 0 Å². The molecule has 5 heteroatoms. The quantitative estimate of drug-likeness (QED) is 0.393. The molecule has 0 aliphatic rings. The third kappa shape index (κ3) is 3.57. The Bertz CT molecular complexity index is 324. The molecular weight excluding hydrogens is 194 g/mol. The number of hydrogen-bond acceptors (Lipinski definition) is 4. The molecule has 0 spiro atoms. The summed E-state index contributed by atoms with van der Waals surface area (Å²) in [4.78, 5) is 0. The number of nitrogens with two attached hydrogens (primary N) is 2. The summed E-state index contributed by atoms with van der Waals surface area (Å²) in [7, 11) is 0. The maximum Gasteiger partial charge on any atom is 0.122 e. The molecule has 1 unspecified atom stereocenters. The lowest BCUT2D eigenvalue weighted by molar-refractivity contribution is 0.114. The molecule has 0 aliphatic heterocycles. The van der Waals surface area contributed by atoms with Crippen molar-refractivity contribution in [3.05, 3.63) is 29.8 Å². The first-order valence-electron chi connectivity index (χ1n) is 4.59. The van der Waals surface area contributed by atoms with Gasteiger partial charge in [-0.2, -0.15) is 0 Å². The molecule has 0 saturated heterocycles. The second kappa shape index (κ2) is 5.33. The van der Waals surface area contributed by atoms with Crippen molar-refractivity contribution in [1.82, 2.24) is 0 Å². The summed E-state index contributed by atoms with van der Waals surface area (Å²) in [5, 5.41) is 16.3. The highest BCUT2D eigenvalue weighted by Crippen LogP contribution is 2.11. The monoisotopic (exact) mass is 209 g/mol. The first-order valence-corrected chi connectivity index (χ1v) is 4.59. The van der Waals surface area contributed by atoms with Crippen LogP contribution in [0.1, 0.15) is 5.56 Å². The maximum absolute atomic E-state index is 9.16. The third-order valence-corrected chi connectivity index (χ3v) is 1.88. The Labute approximate surface area is 88.2 Å². The Balaban J connectivity index is 2.53. The molecule has 0 radical (unpaired) electrons. The highest BCUT2D eigenvalue weighted by Gasteiger charge is 2.02. The number of aliphatic hydroxyl groups excluding tert-OH is 1. The average molecular weight is 209 g/mol. The second-order valence-electron chi connectivity index (χ2n) is 3.14. The van der Waals surface area contributed by atoms with Crippen molar-refractivity contribution in [3.63, 3.8) is 0 Å². The Morgan fingerprint density at radius 2 is 2.00 bits per heavy atom. The fourth-order valence-corrected chi connectivity index (χ4v) is 0.991. The van der Waals surface area contributed by atoms with Crippen LogP contribution in [0.4, 0.5) is 0 Å². The number of benzene rings is 1. The number of aliphatic hydroxyl groups is 1. The van der Waals surface area contributed by atoms with E-state index < -0.39 is 6.10 Å². The van der Waals surface area contributed by atoms with Crippen molar-refractivity contribution >= 4 is 5.84 Å². The molecule has 82 valence electrons. The second-order valence-corrected chi connectivity index (χ2v) is 3.14. The predicted octanol–water partition coefficient (Wildman–Crippen LogP) is -0.331. The minimum absolute atomic E-state index is 0.0172. The molecule has 0 fully saturated rings. The summed E-state index contributed by atoms with van der Waals surface area (Å²) in [6.07, 6.45) is -0.655. The lowest BCUT2D eigenvalue weighted by Gasteiger charge is -2.10. The van der Waals surface area contributed by atoms with Crippen LogP contribution in [-0.4, -0.2) is 30.2 Å². The summed E-state index contributed by atoms with van der Waals surface area (Å²) < 4.78 is 5.25. The summed E-state index contributed by atoms with van der Waals surface area (Å²) in [6, 6.07) is 6.76. The SMILES string of the molecule is N=C(N)c1ccc(OCC(O)CN)cc1. The number of hydrogen-bond donors (Lipinski definition) is 4. The Morgan fingerprint density at radius 1 is 1.40 bits per heavy atom. The molecule has 1 rings (SSSR count). The van der Waals surface area contributed by atoms with Crippen molar-refractivity contribution in [1.29, 1.82) is 5.41 Å². The molecule has 0 heterocycles. The van der Waals surface area contributed by atoms with Gasteiger partial charge in [0, 0.05) is 12.1 Å². The van der Waals surface area contributed by atoms with Gasteiger partial charge in [-0.1, -0.05) is 0 Å². The minimum atomic E-state index is -0.655. The largest absolute Gasteiger partial charge is 0.491 e. The first kappa shape index (κ1) is 11.5. The minimum Gasteiger partial charge on any atom is -0.491 e. The fourth-order valence-electron chi connectivity index (χ4n) is 0.991. The van der Waals surface area contributed by atoms with E-state index in [-0.39, 0.29) is 19.0 Å². The number of nitrogen functional groups attached to an aromatic ring is 1. The summed E-state index contributed by atoms with van der Waals surface area (Å²) in [5.41, 5.74) is 11.2. The Kier molecular flexibility index (Phi) is 4.08. The van der Waals surface area contributed by atoms with Gasteiger partial charge in [0.05, 0.1) is 0 Å². The van der Waals surface area contributed by atoms with E-state index in [1.807, 2.05) is 0 Å². The zero-order valence-corrected chi connectivity index (χ0v) is 8.31. The van der Waals surface area contributed by atoms with E-state index in [0.717, 1.165) is 0 Å². The number of nitrogens with one attached hydrogen (secondary N) is 1. The van der Waals surface area contributed by atoms with Gasteiger partial charge in [0.15, 0.2) is 0 Å². The number of rotatable bonds is 5. The molecule has 5 nitrogen and oxygen atoms in total.